The minimum absolute atomic E-state index is 0.295. The minimum Gasteiger partial charge on any atom is -0.350 e. The van der Waals surface area contributed by atoms with Crippen molar-refractivity contribution in [1.29, 1.82) is 0 Å². The molecule has 1 heterocycles. The monoisotopic (exact) mass is 430 g/mol. The van der Waals surface area contributed by atoms with Crippen LogP contribution in [-0.4, -0.2) is 23.3 Å². The van der Waals surface area contributed by atoms with Crippen LogP contribution in [0.15, 0.2) is 78.5 Å². The molecule has 0 unspecified atom stereocenters. The standard InChI is InChI=1S/C26H23ClN2O2/c1-17-7-6-10-22(18(17)2)28-24-23(20-11-13-21(27)14-12-20)25(30)29(26(24)31)16-15-19-8-4-3-5-9-19/h3-14,28H,15-16H2,1-2H3. The minimum atomic E-state index is -0.313. The Balaban J connectivity index is 1.70. The van der Waals surface area contributed by atoms with Gasteiger partial charge >= 0.3 is 0 Å². The smallest absolute Gasteiger partial charge is 0.278 e. The molecule has 3 aromatic rings. The molecule has 5 heteroatoms. The fraction of sp³-hybridized carbons (Fsp3) is 0.154. The van der Waals surface area contributed by atoms with Gasteiger partial charge < -0.3 is 5.32 Å². The zero-order valence-corrected chi connectivity index (χ0v) is 18.2. The highest BCUT2D eigenvalue weighted by Crippen LogP contribution is 2.32. The van der Waals surface area contributed by atoms with E-state index in [0.29, 0.717) is 34.8 Å². The molecule has 4 rings (SSSR count). The van der Waals surface area contributed by atoms with E-state index in [4.69, 9.17) is 11.6 Å². The van der Waals surface area contributed by atoms with Crippen LogP contribution in [0.5, 0.6) is 0 Å². The van der Waals surface area contributed by atoms with Crippen LogP contribution in [0.25, 0.3) is 5.57 Å². The van der Waals surface area contributed by atoms with Gasteiger partial charge in [-0.05, 0) is 60.7 Å². The predicted molar refractivity (Wildman–Crippen MR) is 125 cm³/mol. The second-order valence-corrected chi connectivity index (χ2v) is 8.06. The zero-order chi connectivity index (χ0) is 22.0. The second-order valence-electron chi connectivity index (χ2n) is 7.63. The van der Waals surface area contributed by atoms with E-state index >= 15 is 0 Å². The highest BCUT2D eigenvalue weighted by Gasteiger charge is 2.39. The summed E-state index contributed by atoms with van der Waals surface area (Å²) >= 11 is 6.04. The van der Waals surface area contributed by atoms with E-state index in [1.807, 2.05) is 62.4 Å². The number of halogens is 1. The topological polar surface area (TPSA) is 49.4 Å². The van der Waals surface area contributed by atoms with Gasteiger partial charge in [-0.1, -0.05) is 66.2 Å². The van der Waals surface area contributed by atoms with Crippen molar-refractivity contribution in [2.24, 2.45) is 0 Å². The Labute approximate surface area is 187 Å². The Hall–Kier alpha value is -3.37. The zero-order valence-electron chi connectivity index (χ0n) is 17.5. The number of amides is 2. The number of nitrogens with one attached hydrogen (secondary N) is 1. The fourth-order valence-electron chi connectivity index (χ4n) is 3.69. The van der Waals surface area contributed by atoms with Crippen molar-refractivity contribution in [2.45, 2.75) is 20.3 Å². The Morgan fingerprint density at radius 2 is 1.55 bits per heavy atom. The molecule has 0 atom stereocenters. The lowest BCUT2D eigenvalue weighted by Gasteiger charge is -2.16. The number of hydrogen-bond donors (Lipinski definition) is 1. The third-order valence-electron chi connectivity index (χ3n) is 5.63. The lowest BCUT2D eigenvalue weighted by molar-refractivity contribution is -0.136. The molecular weight excluding hydrogens is 408 g/mol. The van der Waals surface area contributed by atoms with E-state index in [0.717, 1.165) is 22.4 Å². The van der Waals surface area contributed by atoms with Gasteiger partial charge in [0.05, 0.1) is 5.57 Å². The van der Waals surface area contributed by atoms with Crippen molar-refractivity contribution in [2.75, 3.05) is 11.9 Å². The molecule has 156 valence electrons. The van der Waals surface area contributed by atoms with E-state index in [-0.39, 0.29) is 11.8 Å². The first-order valence-electron chi connectivity index (χ1n) is 10.2. The SMILES string of the molecule is Cc1cccc(NC2=C(c3ccc(Cl)cc3)C(=O)N(CCc3ccccc3)C2=O)c1C. The fourth-order valence-corrected chi connectivity index (χ4v) is 3.81. The molecule has 3 aromatic carbocycles. The largest absolute Gasteiger partial charge is 0.350 e. The van der Waals surface area contributed by atoms with E-state index in [2.05, 4.69) is 5.32 Å². The van der Waals surface area contributed by atoms with Gasteiger partial charge in [0, 0.05) is 17.3 Å². The second kappa shape index (κ2) is 8.78. The molecule has 0 saturated heterocycles. The van der Waals surface area contributed by atoms with Crippen molar-refractivity contribution in [3.8, 4) is 0 Å². The Bertz CT molecular complexity index is 1170. The first-order valence-corrected chi connectivity index (χ1v) is 10.6. The highest BCUT2D eigenvalue weighted by atomic mass is 35.5. The van der Waals surface area contributed by atoms with Crippen molar-refractivity contribution in [3.05, 3.63) is 106 Å². The summed E-state index contributed by atoms with van der Waals surface area (Å²) < 4.78 is 0. The molecular formula is C26H23ClN2O2. The van der Waals surface area contributed by atoms with Gasteiger partial charge in [-0.25, -0.2) is 0 Å². The Morgan fingerprint density at radius 1 is 0.839 bits per heavy atom. The first-order chi connectivity index (χ1) is 15.0. The molecule has 0 aliphatic carbocycles. The van der Waals surface area contributed by atoms with Crippen LogP contribution in [-0.2, 0) is 16.0 Å². The summed E-state index contributed by atoms with van der Waals surface area (Å²) in [6, 6.07) is 22.7. The van der Waals surface area contributed by atoms with Crippen molar-refractivity contribution in [3.63, 3.8) is 0 Å². The van der Waals surface area contributed by atoms with E-state index in [1.54, 1.807) is 24.3 Å². The summed E-state index contributed by atoms with van der Waals surface area (Å²) in [5, 5.41) is 3.83. The molecule has 2 amide bonds. The van der Waals surface area contributed by atoms with Gasteiger partial charge in [0.2, 0.25) is 0 Å². The predicted octanol–water partition coefficient (Wildman–Crippen LogP) is 5.39. The van der Waals surface area contributed by atoms with Crippen LogP contribution in [0.2, 0.25) is 5.02 Å². The quantitative estimate of drug-likeness (QED) is 0.533. The van der Waals surface area contributed by atoms with Gasteiger partial charge in [-0.3, -0.25) is 14.5 Å². The Kier molecular flexibility index (Phi) is 5.92. The number of imide groups is 1. The van der Waals surface area contributed by atoms with Crippen LogP contribution >= 0.6 is 11.6 Å². The lowest BCUT2D eigenvalue weighted by atomic mass is 10.0. The summed E-state index contributed by atoms with van der Waals surface area (Å²) in [6.45, 7) is 4.33. The van der Waals surface area contributed by atoms with Gasteiger partial charge in [0.15, 0.2) is 0 Å². The molecule has 0 fully saturated rings. The van der Waals surface area contributed by atoms with E-state index in [9.17, 15) is 9.59 Å². The molecule has 0 aromatic heterocycles. The lowest BCUT2D eigenvalue weighted by Crippen LogP contribution is -2.34. The van der Waals surface area contributed by atoms with Crippen LogP contribution in [0, 0.1) is 13.8 Å². The number of benzene rings is 3. The van der Waals surface area contributed by atoms with Crippen molar-refractivity contribution >= 4 is 34.7 Å². The maximum absolute atomic E-state index is 13.3. The first kappa shape index (κ1) is 20.9. The summed E-state index contributed by atoms with van der Waals surface area (Å²) in [7, 11) is 0. The van der Waals surface area contributed by atoms with Gasteiger partial charge in [0.25, 0.3) is 11.8 Å². The number of carbonyl (C=O) groups excluding carboxylic acids is 2. The third kappa shape index (κ3) is 4.25. The van der Waals surface area contributed by atoms with E-state index < -0.39 is 0 Å². The summed E-state index contributed by atoms with van der Waals surface area (Å²) in [5.41, 5.74) is 5.37. The molecule has 0 bridgehead atoms. The Morgan fingerprint density at radius 3 is 2.26 bits per heavy atom. The van der Waals surface area contributed by atoms with Crippen LogP contribution in [0.1, 0.15) is 22.3 Å². The summed E-state index contributed by atoms with van der Waals surface area (Å²) in [5.74, 6) is -0.608. The molecule has 1 aliphatic heterocycles. The normalized spacial score (nSPS) is 13.8. The molecule has 1 aliphatic rings. The van der Waals surface area contributed by atoms with Gasteiger partial charge in [-0.15, -0.1) is 0 Å². The average Bonchev–Trinajstić information content (AvgIpc) is 3.00. The molecule has 0 radical (unpaired) electrons. The summed E-state index contributed by atoms with van der Waals surface area (Å²) in [4.78, 5) is 28.0. The van der Waals surface area contributed by atoms with Crippen LogP contribution in [0.4, 0.5) is 5.69 Å². The molecule has 0 saturated carbocycles. The average molecular weight is 431 g/mol. The number of aryl methyl sites for hydroxylation is 1. The number of anilines is 1. The third-order valence-corrected chi connectivity index (χ3v) is 5.88. The van der Waals surface area contributed by atoms with Crippen LogP contribution < -0.4 is 5.32 Å². The summed E-state index contributed by atoms with van der Waals surface area (Å²) in [6.07, 6.45) is 0.600. The molecule has 4 nitrogen and oxygen atoms in total. The number of hydrogen-bond acceptors (Lipinski definition) is 3. The number of carbonyl (C=O) groups is 2. The van der Waals surface area contributed by atoms with E-state index in [1.165, 1.54) is 4.90 Å². The molecule has 31 heavy (non-hydrogen) atoms. The van der Waals surface area contributed by atoms with Crippen molar-refractivity contribution in [1.82, 2.24) is 4.90 Å². The number of nitrogens with zero attached hydrogens (tertiary/aromatic N) is 1. The number of rotatable bonds is 6. The maximum Gasteiger partial charge on any atom is 0.278 e. The highest BCUT2D eigenvalue weighted by molar-refractivity contribution is 6.37. The van der Waals surface area contributed by atoms with Gasteiger partial charge in [-0.2, -0.15) is 0 Å². The molecule has 0 spiro atoms. The van der Waals surface area contributed by atoms with Gasteiger partial charge in [0.1, 0.15) is 5.70 Å². The van der Waals surface area contributed by atoms with Crippen molar-refractivity contribution < 1.29 is 9.59 Å². The molecule has 1 N–H and O–H groups in total. The maximum atomic E-state index is 13.3. The van der Waals surface area contributed by atoms with Crippen LogP contribution in [0.3, 0.4) is 0 Å².